The van der Waals surface area contributed by atoms with Crippen molar-refractivity contribution in [1.29, 1.82) is 0 Å². The summed E-state index contributed by atoms with van der Waals surface area (Å²) in [7, 11) is -6.93. The van der Waals surface area contributed by atoms with Crippen LogP contribution in [0.25, 0.3) is 0 Å². The van der Waals surface area contributed by atoms with Crippen molar-refractivity contribution in [1.82, 2.24) is 0 Å². The van der Waals surface area contributed by atoms with E-state index in [-0.39, 0.29) is 26.9 Å². The van der Waals surface area contributed by atoms with Crippen molar-refractivity contribution in [3.8, 4) is 5.75 Å². The number of anilines is 4. The molecule has 9 nitrogen and oxygen atoms in total. The summed E-state index contributed by atoms with van der Waals surface area (Å²) in [6.45, 7) is 0. The second kappa shape index (κ2) is 8.13. The molecule has 158 valence electrons. The van der Waals surface area contributed by atoms with Crippen LogP contribution in [0.4, 0.5) is 22.7 Å². The first-order valence-electron chi connectivity index (χ1n) is 8.55. The van der Waals surface area contributed by atoms with Crippen molar-refractivity contribution < 1.29 is 21.6 Å². The molecule has 0 saturated heterocycles. The van der Waals surface area contributed by atoms with Crippen molar-refractivity contribution >= 4 is 42.8 Å². The minimum Gasteiger partial charge on any atom is -0.495 e. The molecular formula is C19H20N4O5S2. The highest BCUT2D eigenvalue weighted by atomic mass is 32.2. The van der Waals surface area contributed by atoms with Crippen LogP contribution in [0.3, 0.4) is 0 Å². The number of nitrogens with one attached hydrogen (secondary N) is 2. The van der Waals surface area contributed by atoms with E-state index in [9.17, 15) is 16.8 Å². The van der Waals surface area contributed by atoms with E-state index in [4.69, 9.17) is 16.2 Å². The van der Waals surface area contributed by atoms with Gasteiger partial charge in [-0.3, -0.25) is 9.44 Å². The Morgan fingerprint density at radius 1 is 0.700 bits per heavy atom. The van der Waals surface area contributed by atoms with Crippen LogP contribution in [-0.2, 0) is 20.0 Å². The topological polar surface area (TPSA) is 154 Å². The molecule has 3 rings (SSSR count). The number of hydrogen-bond acceptors (Lipinski definition) is 7. The van der Waals surface area contributed by atoms with Gasteiger partial charge in [-0.15, -0.1) is 0 Å². The minimum absolute atomic E-state index is 0.00983. The Labute approximate surface area is 174 Å². The fraction of sp³-hybridized carbons (Fsp3) is 0.0526. The van der Waals surface area contributed by atoms with E-state index < -0.39 is 20.0 Å². The average Bonchev–Trinajstić information content (AvgIpc) is 2.70. The Morgan fingerprint density at radius 2 is 1.17 bits per heavy atom. The van der Waals surface area contributed by atoms with E-state index >= 15 is 0 Å². The summed E-state index contributed by atoms with van der Waals surface area (Å²) in [6, 6.07) is 15.7. The predicted molar refractivity (Wildman–Crippen MR) is 116 cm³/mol. The summed E-state index contributed by atoms with van der Waals surface area (Å²) in [6.07, 6.45) is 0. The van der Waals surface area contributed by atoms with Crippen molar-refractivity contribution in [3.63, 3.8) is 0 Å². The molecule has 0 radical (unpaired) electrons. The monoisotopic (exact) mass is 448 g/mol. The summed E-state index contributed by atoms with van der Waals surface area (Å²) < 4.78 is 61.2. The fourth-order valence-electron chi connectivity index (χ4n) is 2.56. The number of sulfonamides is 2. The first-order chi connectivity index (χ1) is 14.1. The SMILES string of the molecule is COc1ccc(S(=O)(=O)Nc2ccc(N)cc2)cc1S(=O)(=O)Nc1ccc(N)cc1. The van der Waals surface area contributed by atoms with E-state index in [1.165, 1.54) is 67.8 Å². The van der Waals surface area contributed by atoms with E-state index in [0.717, 1.165) is 6.07 Å². The third-order valence-corrected chi connectivity index (χ3v) is 6.84. The van der Waals surface area contributed by atoms with Crippen molar-refractivity contribution in [2.45, 2.75) is 9.79 Å². The van der Waals surface area contributed by atoms with Gasteiger partial charge in [0.15, 0.2) is 0 Å². The highest BCUT2D eigenvalue weighted by Crippen LogP contribution is 2.29. The molecule has 11 heteroatoms. The van der Waals surface area contributed by atoms with Gasteiger partial charge in [-0.2, -0.15) is 0 Å². The minimum atomic E-state index is -4.15. The Kier molecular flexibility index (Phi) is 5.76. The van der Waals surface area contributed by atoms with Gasteiger partial charge in [0.2, 0.25) is 0 Å². The molecule has 0 spiro atoms. The van der Waals surface area contributed by atoms with Gasteiger partial charge < -0.3 is 16.2 Å². The average molecular weight is 449 g/mol. The van der Waals surface area contributed by atoms with Gasteiger partial charge in [-0.25, -0.2) is 16.8 Å². The number of ether oxygens (including phenoxy) is 1. The van der Waals surface area contributed by atoms with Crippen LogP contribution in [0.2, 0.25) is 0 Å². The first-order valence-corrected chi connectivity index (χ1v) is 11.5. The molecule has 30 heavy (non-hydrogen) atoms. The van der Waals surface area contributed by atoms with E-state index in [1.54, 1.807) is 0 Å². The van der Waals surface area contributed by atoms with Gasteiger partial charge in [0.25, 0.3) is 20.0 Å². The second-order valence-electron chi connectivity index (χ2n) is 6.27. The highest BCUT2D eigenvalue weighted by molar-refractivity contribution is 7.93. The fourth-order valence-corrected chi connectivity index (χ4v) is 4.97. The predicted octanol–water partition coefficient (Wildman–Crippen LogP) is 2.46. The number of rotatable bonds is 7. The zero-order valence-corrected chi connectivity index (χ0v) is 17.5. The lowest BCUT2D eigenvalue weighted by atomic mass is 10.3. The van der Waals surface area contributed by atoms with Gasteiger partial charge in [0, 0.05) is 22.7 Å². The van der Waals surface area contributed by atoms with Crippen LogP contribution < -0.4 is 25.6 Å². The molecule has 0 aromatic heterocycles. The lowest BCUT2D eigenvalue weighted by Crippen LogP contribution is -2.17. The molecule has 0 heterocycles. The van der Waals surface area contributed by atoms with Crippen LogP contribution >= 0.6 is 0 Å². The molecule has 0 amide bonds. The normalized spacial score (nSPS) is 11.6. The van der Waals surface area contributed by atoms with Crippen molar-refractivity contribution in [2.24, 2.45) is 0 Å². The third kappa shape index (κ3) is 4.75. The Hall–Kier alpha value is -3.44. The van der Waals surface area contributed by atoms with Crippen LogP contribution in [0.5, 0.6) is 5.75 Å². The lowest BCUT2D eigenvalue weighted by Gasteiger charge is -2.14. The summed E-state index contributed by atoms with van der Waals surface area (Å²) in [5.41, 5.74) is 12.7. The maximum absolute atomic E-state index is 12.9. The largest absolute Gasteiger partial charge is 0.495 e. The second-order valence-corrected chi connectivity index (χ2v) is 9.60. The van der Waals surface area contributed by atoms with E-state index in [1.807, 2.05) is 0 Å². The van der Waals surface area contributed by atoms with Gasteiger partial charge >= 0.3 is 0 Å². The third-order valence-electron chi connectivity index (χ3n) is 4.06. The summed E-state index contributed by atoms with van der Waals surface area (Å²) in [4.78, 5) is -0.584. The Morgan fingerprint density at radius 3 is 1.63 bits per heavy atom. The Balaban J connectivity index is 1.98. The van der Waals surface area contributed by atoms with Crippen LogP contribution in [0.1, 0.15) is 0 Å². The molecule has 0 unspecified atom stereocenters. The standard InChI is InChI=1S/C19H20N4O5S2/c1-28-18-11-10-17(29(24,25)22-15-6-2-13(20)3-7-15)12-19(18)30(26,27)23-16-8-4-14(21)5-9-16/h2-12,22-23H,20-21H2,1H3. The van der Waals surface area contributed by atoms with Gasteiger partial charge in [0.1, 0.15) is 10.6 Å². The molecule has 0 aliphatic rings. The van der Waals surface area contributed by atoms with E-state index in [2.05, 4.69) is 9.44 Å². The number of nitrogen functional groups attached to an aromatic ring is 2. The molecule has 6 N–H and O–H groups in total. The summed E-state index contributed by atoms with van der Waals surface area (Å²) in [5, 5.41) is 0. The molecule has 0 fully saturated rings. The quantitative estimate of drug-likeness (QED) is 0.405. The maximum atomic E-state index is 12.9. The van der Waals surface area contributed by atoms with Crippen molar-refractivity contribution in [2.75, 3.05) is 28.0 Å². The first kappa shape index (κ1) is 21.3. The van der Waals surface area contributed by atoms with Gasteiger partial charge in [-0.05, 0) is 66.7 Å². The number of nitrogens with two attached hydrogens (primary N) is 2. The molecule has 3 aromatic rings. The molecule has 0 aliphatic carbocycles. The summed E-state index contributed by atoms with van der Waals surface area (Å²) in [5.74, 6) is -0.00983. The molecule has 0 aliphatic heterocycles. The number of benzene rings is 3. The zero-order valence-electron chi connectivity index (χ0n) is 15.9. The molecular weight excluding hydrogens is 428 g/mol. The zero-order chi connectivity index (χ0) is 21.9. The molecule has 0 atom stereocenters. The highest BCUT2D eigenvalue weighted by Gasteiger charge is 2.24. The molecule has 0 bridgehead atoms. The summed E-state index contributed by atoms with van der Waals surface area (Å²) >= 11 is 0. The van der Waals surface area contributed by atoms with Crippen LogP contribution in [0.15, 0.2) is 76.5 Å². The van der Waals surface area contributed by atoms with Gasteiger partial charge in [0.05, 0.1) is 12.0 Å². The molecule has 0 saturated carbocycles. The lowest BCUT2D eigenvalue weighted by molar-refractivity contribution is 0.402. The maximum Gasteiger partial charge on any atom is 0.265 e. The smallest absolute Gasteiger partial charge is 0.265 e. The Bertz CT molecular complexity index is 1260. The van der Waals surface area contributed by atoms with Crippen LogP contribution in [0, 0.1) is 0 Å². The van der Waals surface area contributed by atoms with Crippen LogP contribution in [-0.4, -0.2) is 23.9 Å². The van der Waals surface area contributed by atoms with Gasteiger partial charge in [-0.1, -0.05) is 0 Å². The molecule has 3 aromatic carbocycles. The van der Waals surface area contributed by atoms with Crippen molar-refractivity contribution in [3.05, 3.63) is 66.7 Å². The van der Waals surface area contributed by atoms with E-state index in [0.29, 0.717) is 11.4 Å². The number of methoxy groups -OCH3 is 1. The number of hydrogen-bond donors (Lipinski definition) is 4.